The van der Waals surface area contributed by atoms with Crippen molar-refractivity contribution in [2.24, 2.45) is 0 Å². The van der Waals surface area contributed by atoms with Gasteiger partial charge in [0.2, 0.25) is 5.91 Å². The third-order valence-electron chi connectivity index (χ3n) is 4.50. The van der Waals surface area contributed by atoms with E-state index in [4.69, 9.17) is 9.47 Å². The first kappa shape index (κ1) is 21.8. The molecule has 3 N–H and O–H groups in total. The number of nitrogens with one attached hydrogen (secondary N) is 2. The van der Waals surface area contributed by atoms with Crippen LogP contribution in [0.15, 0.2) is 18.2 Å². The summed E-state index contributed by atoms with van der Waals surface area (Å²) in [4.78, 5) is 37.0. The standard InChI is InChI=1S/C18H23N3O6.ClH/c22-16(11-21-7-2-1-4-13(21)17(23)24)20-18(25)19-12-5-6-14-15(10-12)27-9-3-8-26-14;/h5-6,10,13H,1-4,7-9,11H2,(H,23,24)(H2,19,20,22,25);1H. The molecule has 1 unspecified atom stereocenters. The molecule has 9 nitrogen and oxygen atoms in total. The van der Waals surface area contributed by atoms with Gasteiger partial charge in [0.25, 0.3) is 0 Å². The van der Waals surface area contributed by atoms with Gasteiger partial charge in [0.15, 0.2) is 11.5 Å². The van der Waals surface area contributed by atoms with E-state index in [1.54, 1.807) is 23.1 Å². The van der Waals surface area contributed by atoms with E-state index in [9.17, 15) is 19.5 Å². The van der Waals surface area contributed by atoms with E-state index in [-0.39, 0.29) is 19.0 Å². The molecule has 0 aromatic heterocycles. The number of hydrogen-bond acceptors (Lipinski definition) is 6. The lowest BCUT2D eigenvalue weighted by molar-refractivity contribution is -0.145. The summed E-state index contributed by atoms with van der Waals surface area (Å²) in [5.74, 6) is -0.345. The van der Waals surface area contributed by atoms with Crippen molar-refractivity contribution in [2.75, 3.05) is 31.6 Å². The van der Waals surface area contributed by atoms with Gasteiger partial charge in [-0.15, -0.1) is 12.4 Å². The Labute approximate surface area is 168 Å². The molecule has 10 heteroatoms. The van der Waals surface area contributed by atoms with Crippen molar-refractivity contribution in [3.05, 3.63) is 18.2 Å². The molecular weight excluding hydrogens is 390 g/mol. The highest BCUT2D eigenvalue weighted by molar-refractivity contribution is 6.02. The number of carboxylic acid groups (broad SMARTS) is 1. The summed E-state index contributed by atoms with van der Waals surface area (Å²) in [7, 11) is 0. The van der Waals surface area contributed by atoms with Gasteiger partial charge in [0.1, 0.15) is 6.04 Å². The normalized spacial score (nSPS) is 18.9. The van der Waals surface area contributed by atoms with Crippen molar-refractivity contribution >= 4 is 36.0 Å². The zero-order valence-corrected chi connectivity index (χ0v) is 16.1. The number of carbonyl (C=O) groups is 3. The number of imide groups is 1. The number of ether oxygens (including phenoxy) is 2. The number of carbonyl (C=O) groups excluding carboxylic acids is 2. The summed E-state index contributed by atoms with van der Waals surface area (Å²) in [6, 6.07) is 3.62. The van der Waals surface area contributed by atoms with Gasteiger partial charge < -0.3 is 19.9 Å². The predicted molar refractivity (Wildman–Crippen MR) is 103 cm³/mol. The zero-order valence-electron chi connectivity index (χ0n) is 15.3. The van der Waals surface area contributed by atoms with Crippen LogP contribution in [0.25, 0.3) is 0 Å². The van der Waals surface area contributed by atoms with Crippen LogP contribution in [0.4, 0.5) is 10.5 Å². The summed E-state index contributed by atoms with van der Waals surface area (Å²) in [5.41, 5.74) is 0.464. The molecule has 0 saturated carbocycles. The lowest BCUT2D eigenvalue weighted by atomic mass is 10.0. The molecule has 1 fully saturated rings. The molecule has 2 heterocycles. The number of carboxylic acids is 1. The minimum Gasteiger partial charge on any atom is -0.490 e. The molecule has 1 atom stereocenters. The number of anilines is 1. The Balaban J connectivity index is 0.00000280. The molecule has 28 heavy (non-hydrogen) atoms. The molecule has 154 valence electrons. The molecule has 2 aliphatic heterocycles. The van der Waals surface area contributed by atoms with Crippen LogP contribution in [0.5, 0.6) is 11.5 Å². The fourth-order valence-electron chi connectivity index (χ4n) is 3.21. The number of fused-ring (bicyclic) bond motifs is 1. The Hall–Kier alpha value is -2.52. The Morgan fingerprint density at radius 2 is 1.86 bits per heavy atom. The van der Waals surface area contributed by atoms with Crippen LogP contribution in [0.3, 0.4) is 0 Å². The lowest BCUT2D eigenvalue weighted by Crippen LogP contribution is -2.50. The Kier molecular flexibility index (Phi) is 7.89. The van der Waals surface area contributed by atoms with Gasteiger partial charge in [-0.1, -0.05) is 6.42 Å². The summed E-state index contributed by atoms with van der Waals surface area (Å²) in [5, 5.41) is 14.0. The molecule has 3 rings (SSSR count). The number of nitrogens with zero attached hydrogens (tertiary/aromatic N) is 1. The number of aliphatic carboxylic acids is 1. The molecule has 0 spiro atoms. The molecular formula is C18H24ClN3O6. The molecule has 0 bridgehead atoms. The number of halogens is 1. The van der Waals surface area contributed by atoms with E-state index in [1.165, 1.54) is 0 Å². The van der Waals surface area contributed by atoms with Gasteiger partial charge in [0, 0.05) is 18.2 Å². The number of benzene rings is 1. The number of urea groups is 1. The average molecular weight is 414 g/mol. The number of piperidine rings is 1. The summed E-state index contributed by atoms with van der Waals surface area (Å²) >= 11 is 0. The maximum absolute atomic E-state index is 12.1. The molecule has 1 saturated heterocycles. The fraction of sp³-hybridized carbons (Fsp3) is 0.500. The Morgan fingerprint density at radius 3 is 2.61 bits per heavy atom. The van der Waals surface area contributed by atoms with Crippen LogP contribution < -0.4 is 20.1 Å². The van der Waals surface area contributed by atoms with Crippen LogP contribution in [0.2, 0.25) is 0 Å². The van der Waals surface area contributed by atoms with E-state index in [2.05, 4.69) is 10.6 Å². The minimum atomic E-state index is -0.945. The fourth-order valence-corrected chi connectivity index (χ4v) is 3.21. The van der Waals surface area contributed by atoms with Crippen molar-refractivity contribution in [2.45, 2.75) is 31.7 Å². The van der Waals surface area contributed by atoms with Crippen LogP contribution in [0.1, 0.15) is 25.7 Å². The van der Waals surface area contributed by atoms with E-state index in [0.717, 1.165) is 19.3 Å². The highest BCUT2D eigenvalue weighted by Crippen LogP contribution is 2.32. The van der Waals surface area contributed by atoms with Gasteiger partial charge in [-0.05, 0) is 31.5 Å². The lowest BCUT2D eigenvalue weighted by Gasteiger charge is -2.31. The third-order valence-corrected chi connectivity index (χ3v) is 4.50. The number of hydrogen-bond donors (Lipinski definition) is 3. The second-order valence-electron chi connectivity index (χ2n) is 6.53. The Bertz CT molecular complexity index is 729. The second-order valence-corrected chi connectivity index (χ2v) is 6.53. The molecule has 1 aromatic rings. The van der Waals surface area contributed by atoms with Crippen molar-refractivity contribution < 1.29 is 29.0 Å². The summed E-state index contributed by atoms with van der Waals surface area (Å²) in [6.45, 7) is 1.49. The zero-order chi connectivity index (χ0) is 19.2. The first-order chi connectivity index (χ1) is 13.0. The SMILES string of the molecule is Cl.O=C(CN1CCCCC1C(=O)O)NC(=O)Nc1ccc2c(c1)OCCCO2. The van der Waals surface area contributed by atoms with Gasteiger partial charge in [-0.3, -0.25) is 19.8 Å². The van der Waals surface area contributed by atoms with Crippen molar-refractivity contribution in [3.8, 4) is 11.5 Å². The highest BCUT2D eigenvalue weighted by Gasteiger charge is 2.29. The maximum atomic E-state index is 12.1. The smallest absolute Gasteiger partial charge is 0.325 e. The topological polar surface area (TPSA) is 117 Å². The van der Waals surface area contributed by atoms with Gasteiger partial charge in [-0.2, -0.15) is 0 Å². The summed E-state index contributed by atoms with van der Waals surface area (Å²) in [6.07, 6.45) is 2.94. The molecule has 0 radical (unpaired) electrons. The number of amides is 3. The first-order valence-electron chi connectivity index (χ1n) is 9.00. The maximum Gasteiger partial charge on any atom is 0.325 e. The third kappa shape index (κ3) is 5.74. The first-order valence-corrected chi connectivity index (χ1v) is 9.00. The largest absolute Gasteiger partial charge is 0.490 e. The average Bonchev–Trinajstić information content (AvgIpc) is 2.86. The van der Waals surface area contributed by atoms with Crippen LogP contribution in [-0.2, 0) is 9.59 Å². The van der Waals surface area contributed by atoms with E-state index in [0.29, 0.717) is 43.4 Å². The molecule has 3 amide bonds. The van der Waals surface area contributed by atoms with Crippen molar-refractivity contribution in [3.63, 3.8) is 0 Å². The van der Waals surface area contributed by atoms with Crippen molar-refractivity contribution in [1.29, 1.82) is 0 Å². The number of likely N-dealkylation sites (tertiary alicyclic amines) is 1. The predicted octanol–water partition coefficient (Wildman–Crippen LogP) is 1.86. The van der Waals surface area contributed by atoms with Gasteiger partial charge in [0.05, 0.1) is 19.8 Å². The van der Waals surface area contributed by atoms with E-state index >= 15 is 0 Å². The van der Waals surface area contributed by atoms with Crippen LogP contribution >= 0.6 is 12.4 Å². The summed E-state index contributed by atoms with van der Waals surface area (Å²) < 4.78 is 11.1. The van der Waals surface area contributed by atoms with Crippen LogP contribution in [0, 0.1) is 0 Å². The minimum absolute atomic E-state index is 0. The monoisotopic (exact) mass is 413 g/mol. The van der Waals surface area contributed by atoms with Gasteiger partial charge in [-0.25, -0.2) is 4.79 Å². The van der Waals surface area contributed by atoms with Crippen LogP contribution in [-0.4, -0.2) is 60.3 Å². The molecule has 1 aromatic carbocycles. The highest BCUT2D eigenvalue weighted by atomic mass is 35.5. The van der Waals surface area contributed by atoms with E-state index in [1.807, 2.05) is 0 Å². The number of rotatable bonds is 4. The second kappa shape index (κ2) is 10.1. The van der Waals surface area contributed by atoms with Crippen molar-refractivity contribution in [1.82, 2.24) is 10.2 Å². The van der Waals surface area contributed by atoms with Gasteiger partial charge >= 0.3 is 12.0 Å². The van der Waals surface area contributed by atoms with E-state index < -0.39 is 23.9 Å². The quantitative estimate of drug-likeness (QED) is 0.689. The molecule has 0 aliphatic carbocycles. The molecule has 2 aliphatic rings. The Morgan fingerprint density at radius 1 is 1.11 bits per heavy atom.